The molecule has 0 aromatic carbocycles. The molecule has 5 atom stereocenters. The highest BCUT2D eigenvalue weighted by molar-refractivity contribution is 6.74. The first-order valence-corrected chi connectivity index (χ1v) is 21.2. The fourth-order valence-corrected chi connectivity index (χ4v) is 9.29. The fraction of sp³-hybridized carbons (Fsp3) is 0.735. The van der Waals surface area contributed by atoms with Gasteiger partial charge in [0.1, 0.15) is 17.8 Å². The summed E-state index contributed by atoms with van der Waals surface area (Å²) in [5.41, 5.74) is -0.884. The molecule has 1 fully saturated rings. The van der Waals surface area contributed by atoms with Crippen LogP contribution in [0.2, 0.25) is 36.3 Å². The zero-order chi connectivity index (χ0) is 32.4. The monoisotopic (exact) mass is 620 g/mol. The second-order valence-corrected chi connectivity index (χ2v) is 22.9. The lowest BCUT2D eigenvalue weighted by Gasteiger charge is -2.50. The molecule has 0 amide bonds. The molecule has 6 nitrogen and oxygen atoms in total. The van der Waals surface area contributed by atoms with Gasteiger partial charge in [0.15, 0.2) is 22.4 Å². The van der Waals surface area contributed by atoms with Crippen molar-refractivity contribution >= 4 is 22.6 Å². The summed E-state index contributed by atoms with van der Waals surface area (Å²) in [6, 6.07) is 2.88. The van der Waals surface area contributed by atoms with Crippen molar-refractivity contribution in [1.82, 2.24) is 0 Å². The number of carbonyl (C=O) groups excluding carboxylic acids is 1. The second kappa shape index (κ2) is 16.0. The molecule has 1 saturated heterocycles. The highest BCUT2D eigenvalue weighted by Crippen LogP contribution is 2.42. The van der Waals surface area contributed by atoms with E-state index in [1.807, 2.05) is 26.0 Å². The van der Waals surface area contributed by atoms with E-state index in [2.05, 4.69) is 86.7 Å². The number of rotatable bonds is 17. The Labute approximate surface area is 259 Å². The summed E-state index contributed by atoms with van der Waals surface area (Å²) in [7, 11) is -4.26. The molecule has 42 heavy (non-hydrogen) atoms. The summed E-state index contributed by atoms with van der Waals surface area (Å²) in [5.74, 6) is 1.35. The van der Waals surface area contributed by atoms with Crippen molar-refractivity contribution in [1.29, 1.82) is 0 Å². The molecule has 8 heteroatoms. The summed E-state index contributed by atoms with van der Waals surface area (Å²) in [5, 5.41) is 0.0646. The molecule has 0 aromatic heterocycles. The Morgan fingerprint density at radius 1 is 1.12 bits per heavy atom. The first kappa shape index (κ1) is 38.5. The Hall–Kier alpha value is -1.48. The lowest BCUT2D eigenvalue weighted by molar-refractivity contribution is -0.310. The van der Waals surface area contributed by atoms with Gasteiger partial charge >= 0.3 is 5.97 Å². The van der Waals surface area contributed by atoms with Gasteiger partial charge in [-0.3, -0.25) is 0 Å². The molecular formula is C34H60O6Si2. The molecule has 0 N–H and O–H groups in total. The third-order valence-electron chi connectivity index (χ3n) is 9.30. The van der Waals surface area contributed by atoms with E-state index in [1.165, 1.54) is 6.08 Å². The average Bonchev–Trinajstić information content (AvgIpc) is 2.93. The van der Waals surface area contributed by atoms with Crippen LogP contribution in [0.4, 0.5) is 0 Å². The van der Waals surface area contributed by atoms with Crippen LogP contribution in [0.3, 0.4) is 0 Å². The van der Waals surface area contributed by atoms with Gasteiger partial charge in [-0.2, -0.15) is 0 Å². The van der Waals surface area contributed by atoms with Crippen molar-refractivity contribution in [3.05, 3.63) is 37.5 Å². The van der Waals surface area contributed by atoms with Gasteiger partial charge in [0, 0.05) is 31.4 Å². The van der Waals surface area contributed by atoms with Crippen molar-refractivity contribution in [2.75, 3.05) is 6.61 Å². The summed E-state index contributed by atoms with van der Waals surface area (Å²) in [6.45, 7) is 31.9. The Morgan fingerprint density at radius 3 is 2.17 bits per heavy atom. The smallest absolute Gasteiger partial charge is 0.330 e. The summed E-state index contributed by atoms with van der Waals surface area (Å²) in [4.78, 5) is 12.4. The van der Waals surface area contributed by atoms with Gasteiger partial charge in [-0.1, -0.05) is 73.1 Å². The standard InChI is InChI=1S/C34H60O6Si2/c1-15-27(16-2)29(37-31(35)18-4)22-23-34(40-42(19-5,20-6)21-7,24-25-36-41(13,14)32(8,9)10)30-26-28(17-3)38-33(11,12)39-30/h3,15,18,22-23,27-30H,1,4,16,19-21,24-26H2,2,5-14H3/b23-22+/t27-,28-,29+,30-,34+/m1/s1. The predicted molar refractivity (Wildman–Crippen MR) is 179 cm³/mol. The van der Waals surface area contributed by atoms with E-state index in [9.17, 15) is 4.79 Å². The van der Waals surface area contributed by atoms with Crippen LogP contribution in [0.5, 0.6) is 0 Å². The quantitative estimate of drug-likeness (QED) is 0.0534. The molecule has 1 aliphatic rings. The second-order valence-electron chi connectivity index (χ2n) is 13.4. The van der Waals surface area contributed by atoms with E-state index < -0.39 is 52.3 Å². The SMILES string of the molecule is C#C[C@@H]1C[C@H]([C@](/C=C/[C@H](OC(=O)C=C)[C@H](C=C)CC)(CCO[Si](C)(C)C(C)(C)C)O[Si](CC)(CC)CC)OC(C)(C)O1. The number of hydrogen-bond acceptors (Lipinski definition) is 6. The summed E-state index contributed by atoms with van der Waals surface area (Å²) in [6.07, 6.45) is 13.4. The van der Waals surface area contributed by atoms with Gasteiger partial charge in [0.25, 0.3) is 0 Å². The predicted octanol–water partition coefficient (Wildman–Crippen LogP) is 8.57. The topological polar surface area (TPSA) is 63.2 Å². The van der Waals surface area contributed by atoms with Crippen molar-refractivity contribution < 1.29 is 27.9 Å². The zero-order valence-electron chi connectivity index (χ0n) is 28.5. The highest BCUT2D eigenvalue weighted by Gasteiger charge is 2.50. The number of hydrogen-bond donors (Lipinski definition) is 0. The average molecular weight is 621 g/mol. The number of carbonyl (C=O) groups is 1. The van der Waals surface area contributed by atoms with Crippen molar-refractivity contribution in [2.24, 2.45) is 5.92 Å². The minimum absolute atomic E-state index is 0.0646. The van der Waals surface area contributed by atoms with E-state index in [0.29, 0.717) is 19.4 Å². The van der Waals surface area contributed by atoms with Crippen molar-refractivity contribution in [2.45, 2.75) is 148 Å². The molecule has 0 spiro atoms. The van der Waals surface area contributed by atoms with Crippen LogP contribution >= 0.6 is 0 Å². The minimum Gasteiger partial charge on any atom is -0.454 e. The van der Waals surface area contributed by atoms with Crippen LogP contribution in [0.25, 0.3) is 0 Å². The maximum absolute atomic E-state index is 12.4. The van der Waals surface area contributed by atoms with Crippen LogP contribution in [0.15, 0.2) is 37.5 Å². The molecule has 0 saturated carbocycles. The Morgan fingerprint density at radius 2 is 1.71 bits per heavy atom. The molecule has 0 bridgehead atoms. The first-order chi connectivity index (χ1) is 19.4. The van der Waals surface area contributed by atoms with Crippen LogP contribution in [0, 0.1) is 18.3 Å². The van der Waals surface area contributed by atoms with Gasteiger partial charge in [0.2, 0.25) is 0 Å². The zero-order valence-corrected chi connectivity index (χ0v) is 30.5. The summed E-state index contributed by atoms with van der Waals surface area (Å²) >= 11 is 0. The number of terminal acetylenes is 1. The van der Waals surface area contributed by atoms with Gasteiger partial charge in [-0.05, 0) is 62.6 Å². The molecule has 1 rings (SSSR count). The summed E-state index contributed by atoms with van der Waals surface area (Å²) < 4.78 is 32.8. The lowest BCUT2D eigenvalue weighted by atomic mass is 9.86. The van der Waals surface area contributed by atoms with Crippen LogP contribution < -0.4 is 0 Å². The largest absolute Gasteiger partial charge is 0.454 e. The molecule has 0 aromatic rings. The highest BCUT2D eigenvalue weighted by atomic mass is 28.4. The Balaban J connectivity index is 3.87. The van der Waals surface area contributed by atoms with E-state index in [1.54, 1.807) is 0 Å². The van der Waals surface area contributed by atoms with Crippen molar-refractivity contribution in [3.8, 4) is 12.3 Å². The van der Waals surface area contributed by atoms with Crippen molar-refractivity contribution in [3.63, 3.8) is 0 Å². The fourth-order valence-electron chi connectivity index (χ4n) is 5.20. The van der Waals surface area contributed by atoms with E-state index in [0.717, 1.165) is 24.6 Å². The van der Waals surface area contributed by atoms with Crippen LogP contribution in [-0.4, -0.2) is 58.9 Å². The Bertz CT molecular complexity index is 948. The first-order valence-electron chi connectivity index (χ1n) is 15.7. The normalized spacial score (nSPS) is 22.5. The number of esters is 1. The van der Waals surface area contributed by atoms with E-state index in [4.69, 9.17) is 29.5 Å². The van der Waals surface area contributed by atoms with Gasteiger partial charge in [-0.15, -0.1) is 13.0 Å². The van der Waals surface area contributed by atoms with E-state index in [-0.39, 0.29) is 11.0 Å². The third kappa shape index (κ3) is 10.3. The number of ether oxygens (including phenoxy) is 3. The molecule has 0 unspecified atom stereocenters. The van der Waals surface area contributed by atoms with Gasteiger partial charge in [-0.25, -0.2) is 4.79 Å². The third-order valence-corrected chi connectivity index (χ3v) is 18.5. The molecular weight excluding hydrogens is 561 g/mol. The molecule has 240 valence electrons. The van der Waals surface area contributed by atoms with Gasteiger partial charge < -0.3 is 23.1 Å². The van der Waals surface area contributed by atoms with Gasteiger partial charge in [0.05, 0.1) is 6.10 Å². The minimum atomic E-state index is -2.21. The lowest BCUT2D eigenvalue weighted by Crippen LogP contribution is -2.59. The molecule has 1 aliphatic heterocycles. The maximum atomic E-state index is 12.4. The maximum Gasteiger partial charge on any atom is 0.330 e. The van der Waals surface area contributed by atoms with E-state index >= 15 is 0 Å². The molecule has 0 aliphatic carbocycles. The molecule has 1 heterocycles. The molecule has 0 radical (unpaired) electrons. The van der Waals surface area contributed by atoms with Crippen LogP contribution in [0.1, 0.15) is 81.6 Å². The Kier molecular flexibility index (Phi) is 14.7. The van der Waals surface area contributed by atoms with Crippen LogP contribution in [-0.2, 0) is 27.9 Å².